The Morgan fingerprint density at radius 3 is 2.55 bits per heavy atom. The molecule has 0 spiro atoms. The molecule has 1 aliphatic heterocycles. The van der Waals surface area contributed by atoms with Crippen molar-refractivity contribution in [1.29, 1.82) is 0 Å². The van der Waals surface area contributed by atoms with E-state index in [0.29, 0.717) is 15.6 Å². The molecule has 0 unspecified atom stereocenters. The molecule has 3 aromatic rings. The lowest BCUT2D eigenvalue weighted by atomic mass is 10.1. The van der Waals surface area contributed by atoms with Crippen molar-refractivity contribution < 1.29 is 22.1 Å². The summed E-state index contributed by atoms with van der Waals surface area (Å²) in [6.45, 7) is 1.83. The first-order valence-corrected chi connectivity index (χ1v) is 11.5. The molecule has 2 aromatic carbocycles. The molecule has 0 amide bonds. The Balaban J connectivity index is 1.53. The Hall–Kier alpha value is -2.01. The molecule has 0 radical (unpaired) electrons. The molecule has 2 atom stereocenters. The van der Waals surface area contributed by atoms with Crippen LogP contribution in [0.1, 0.15) is 11.1 Å². The minimum absolute atomic E-state index is 0.0739. The lowest BCUT2D eigenvalue weighted by Gasteiger charge is -2.29. The number of benzene rings is 2. The second kappa shape index (κ2) is 8.85. The summed E-state index contributed by atoms with van der Waals surface area (Å²) in [5.41, 5.74) is 1.48. The molecule has 2 heterocycles. The molecule has 1 fully saturated rings. The van der Waals surface area contributed by atoms with E-state index in [9.17, 15) is 8.42 Å². The molecule has 11 heteroatoms. The molecule has 1 aliphatic rings. The molecule has 0 N–H and O–H groups in total. The number of halogens is 2. The van der Waals surface area contributed by atoms with E-state index >= 15 is 0 Å². The third-order valence-corrected chi connectivity index (χ3v) is 6.58. The maximum Gasteiger partial charge on any atom is 0.297 e. The zero-order valence-electron chi connectivity index (χ0n) is 16.4. The standard InChI is InChI=1S/C20H19Cl2N3O5S/c1-14-2-5-17(6-3-14)31(26,27)29-12-16-11-28-20(30-16,13-25-23-8-9-24-25)18-7-4-15(21)10-19(18)22/h2-10,16H,11-13H2,1H3/t16-,20+/m0/s1. The monoisotopic (exact) mass is 483 g/mol. The highest BCUT2D eigenvalue weighted by Crippen LogP contribution is 2.40. The third-order valence-electron chi connectivity index (χ3n) is 4.74. The quantitative estimate of drug-likeness (QED) is 0.474. The summed E-state index contributed by atoms with van der Waals surface area (Å²) in [4.78, 5) is 1.47. The van der Waals surface area contributed by atoms with E-state index in [4.69, 9.17) is 36.9 Å². The summed E-state index contributed by atoms with van der Waals surface area (Å²) < 4.78 is 42.4. The highest BCUT2D eigenvalue weighted by atomic mass is 35.5. The van der Waals surface area contributed by atoms with E-state index in [1.54, 1.807) is 30.3 Å². The molecule has 1 aromatic heterocycles. The van der Waals surface area contributed by atoms with Gasteiger partial charge in [-0.3, -0.25) is 4.18 Å². The lowest BCUT2D eigenvalue weighted by Crippen LogP contribution is -2.35. The van der Waals surface area contributed by atoms with Gasteiger partial charge in [0, 0.05) is 10.6 Å². The van der Waals surface area contributed by atoms with Crippen molar-refractivity contribution in [3.63, 3.8) is 0 Å². The predicted octanol–water partition coefficient (Wildman–Crippen LogP) is 3.57. The van der Waals surface area contributed by atoms with Crippen molar-refractivity contribution in [2.24, 2.45) is 0 Å². The maximum atomic E-state index is 12.5. The Kier molecular flexibility index (Phi) is 6.34. The van der Waals surface area contributed by atoms with E-state index in [-0.39, 0.29) is 24.7 Å². The average Bonchev–Trinajstić information content (AvgIpc) is 3.38. The molecular formula is C20H19Cl2N3O5S. The lowest BCUT2D eigenvalue weighted by molar-refractivity contribution is -0.192. The van der Waals surface area contributed by atoms with Crippen molar-refractivity contribution in [3.8, 4) is 0 Å². The normalized spacial score (nSPS) is 21.5. The summed E-state index contributed by atoms with van der Waals surface area (Å²) in [5, 5.41) is 9.01. The second-order valence-electron chi connectivity index (χ2n) is 7.04. The number of nitrogens with zero attached hydrogens (tertiary/aromatic N) is 3. The fourth-order valence-corrected chi connectivity index (χ4v) is 4.69. The van der Waals surface area contributed by atoms with E-state index in [2.05, 4.69) is 10.2 Å². The molecule has 0 saturated carbocycles. The topological polar surface area (TPSA) is 92.5 Å². The maximum absolute atomic E-state index is 12.5. The number of aryl methyl sites for hydroxylation is 1. The molecule has 31 heavy (non-hydrogen) atoms. The van der Waals surface area contributed by atoms with Crippen LogP contribution in [0.2, 0.25) is 10.0 Å². The largest absolute Gasteiger partial charge is 0.341 e. The van der Waals surface area contributed by atoms with E-state index in [1.807, 2.05) is 6.92 Å². The number of rotatable bonds is 7. The summed E-state index contributed by atoms with van der Waals surface area (Å²) in [6, 6.07) is 11.3. The molecule has 4 rings (SSSR count). The first-order valence-electron chi connectivity index (χ1n) is 9.35. The Bertz CT molecular complexity index is 1160. The highest BCUT2D eigenvalue weighted by Gasteiger charge is 2.46. The summed E-state index contributed by atoms with van der Waals surface area (Å²) in [5.74, 6) is -1.33. The van der Waals surface area contributed by atoms with Crippen molar-refractivity contribution in [1.82, 2.24) is 15.0 Å². The van der Waals surface area contributed by atoms with Crippen molar-refractivity contribution in [3.05, 3.63) is 76.0 Å². The van der Waals surface area contributed by atoms with Gasteiger partial charge in [0.25, 0.3) is 10.1 Å². The Morgan fingerprint density at radius 2 is 1.87 bits per heavy atom. The van der Waals surface area contributed by atoms with E-state index < -0.39 is 22.0 Å². The third kappa shape index (κ3) is 4.92. The summed E-state index contributed by atoms with van der Waals surface area (Å²) in [7, 11) is -3.94. The van der Waals surface area contributed by atoms with Gasteiger partial charge >= 0.3 is 0 Å². The van der Waals surface area contributed by atoms with Crippen LogP contribution in [-0.2, 0) is 36.1 Å². The summed E-state index contributed by atoms with van der Waals surface area (Å²) in [6.07, 6.45) is 2.39. The first kappa shape index (κ1) is 22.2. The van der Waals surface area contributed by atoms with Gasteiger partial charge in [-0.25, -0.2) is 0 Å². The fraction of sp³-hybridized carbons (Fsp3) is 0.300. The van der Waals surface area contributed by atoms with Crippen LogP contribution in [0.3, 0.4) is 0 Å². The van der Waals surface area contributed by atoms with Gasteiger partial charge in [0.05, 0.1) is 35.5 Å². The van der Waals surface area contributed by atoms with E-state index in [1.165, 1.54) is 29.3 Å². The highest BCUT2D eigenvalue weighted by molar-refractivity contribution is 7.86. The van der Waals surface area contributed by atoms with Gasteiger partial charge in [-0.2, -0.15) is 23.4 Å². The molecule has 0 bridgehead atoms. The van der Waals surface area contributed by atoms with Gasteiger partial charge in [-0.15, -0.1) is 0 Å². The van der Waals surface area contributed by atoms with Crippen molar-refractivity contribution >= 4 is 33.3 Å². The number of aromatic nitrogens is 3. The van der Waals surface area contributed by atoms with Gasteiger partial charge in [-0.1, -0.05) is 47.0 Å². The van der Waals surface area contributed by atoms with Gasteiger partial charge in [0.2, 0.25) is 5.79 Å². The predicted molar refractivity (Wildman–Crippen MR) is 113 cm³/mol. The van der Waals surface area contributed by atoms with E-state index in [0.717, 1.165) is 5.56 Å². The minimum atomic E-state index is -3.94. The summed E-state index contributed by atoms with van der Waals surface area (Å²) >= 11 is 12.4. The van der Waals surface area contributed by atoms with Crippen LogP contribution in [0.15, 0.2) is 59.8 Å². The Labute approximate surface area is 189 Å². The number of ether oxygens (including phenoxy) is 2. The molecule has 1 saturated heterocycles. The van der Waals surface area contributed by atoms with Gasteiger partial charge in [0.15, 0.2) is 0 Å². The smallest absolute Gasteiger partial charge is 0.297 e. The van der Waals surface area contributed by atoms with Crippen molar-refractivity contribution in [2.75, 3.05) is 13.2 Å². The van der Waals surface area contributed by atoms with Gasteiger partial charge < -0.3 is 9.47 Å². The molecule has 8 nitrogen and oxygen atoms in total. The fourth-order valence-electron chi connectivity index (χ4n) is 3.20. The molecular weight excluding hydrogens is 465 g/mol. The SMILES string of the molecule is Cc1ccc(S(=O)(=O)OC[C@@H]2CO[C@@](Cn3nccn3)(c3ccc(Cl)cc3Cl)O2)cc1. The van der Waals surface area contributed by atoms with Crippen LogP contribution >= 0.6 is 23.2 Å². The van der Waals surface area contributed by atoms with Crippen molar-refractivity contribution in [2.45, 2.75) is 30.3 Å². The van der Waals surface area contributed by atoms with Crippen LogP contribution in [0.25, 0.3) is 0 Å². The zero-order chi connectivity index (χ0) is 22.1. The van der Waals surface area contributed by atoms with Crippen LogP contribution in [0, 0.1) is 6.92 Å². The molecule has 0 aliphatic carbocycles. The van der Waals surface area contributed by atoms with Crippen LogP contribution in [0.5, 0.6) is 0 Å². The Morgan fingerprint density at radius 1 is 1.16 bits per heavy atom. The number of hydrogen-bond donors (Lipinski definition) is 0. The second-order valence-corrected chi connectivity index (χ2v) is 9.50. The van der Waals surface area contributed by atoms with Gasteiger partial charge in [-0.05, 0) is 31.2 Å². The first-order chi connectivity index (χ1) is 14.8. The van der Waals surface area contributed by atoms with Crippen LogP contribution in [-0.4, -0.2) is 42.7 Å². The number of hydrogen-bond acceptors (Lipinski definition) is 7. The van der Waals surface area contributed by atoms with Gasteiger partial charge in [0.1, 0.15) is 12.6 Å². The average molecular weight is 484 g/mol. The van der Waals surface area contributed by atoms with Crippen LogP contribution < -0.4 is 0 Å². The molecule has 164 valence electrons. The zero-order valence-corrected chi connectivity index (χ0v) is 18.8. The van der Waals surface area contributed by atoms with Crippen LogP contribution in [0.4, 0.5) is 0 Å². The minimum Gasteiger partial charge on any atom is -0.341 e.